The number of hydrogen-bond donors (Lipinski definition) is 1. The van der Waals surface area contributed by atoms with Crippen LogP contribution in [0.15, 0.2) is 72.8 Å². The second-order valence-corrected chi connectivity index (χ2v) is 12.7. The first-order valence-electron chi connectivity index (χ1n) is 13.7. The average molecular weight is 580 g/mol. The molecule has 0 aliphatic heterocycles. The summed E-state index contributed by atoms with van der Waals surface area (Å²) in [5.74, 6) is -0.245. The highest BCUT2D eigenvalue weighted by atomic mass is 32.2. The van der Waals surface area contributed by atoms with Gasteiger partial charge in [-0.05, 0) is 48.6 Å². The molecule has 0 aliphatic carbocycles. The molecule has 3 rings (SSSR count). The molecule has 0 fully saturated rings. The Balaban J connectivity index is 2.09. The number of carbonyl (C=O) groups excluding carboxylic acids is 2. The molecule has 1 atom stereocenters. The van der Waals surface area contributed by atoms with Gasteiger partial charge < -0.3 is 15.0 Å². The Bertz CT molecular complexity index is 1440. The highest BCUT2D eigenvalue weighted by Gasteiger charge is 2.33. The Morgan fingerprint density at radius 2 is 1.56 bits per heavy atom. The van der Waals surface area contributed by atoms with Gasteiger partial charge in [0.05, 0.1) is 19.1 Å². The van der Waals surface area contributed by atoms with E-state index in [0.717, 1.165) is 32.8 Å². The van der Waals surface area contributed by atoms with Crippen molar-refractivity contribution in [1.29, 1.82) is 0 Å². The Morgan fingerprint density at radius 3 is 2.17 bits per heavy atom. The van der Waals surface area contributed by atoms with Crippen LogP contribution < -0.4 is 14.4 Å². The third kappa shape index (κ3) is 9.08. The van der Waals surface area contributed by atoms with Gasteiger partial charge in [0.25, 0.3) is 0 Å². The summed E-state index contributed by atoms with van der Waals surface area (Å²) < 4.78 is 32.6. The first-order chi connectivity index (χ1) is 19.4. The van der Waals surface area contributed by atoms with E-state index in [1.165, 1.54) is 12.0 Å². The third-order valence-electron chi connectivity index (χ3n) is 6.67. The Hall–Kier alpha value is -3.85. The zero-order valence-corrected chi connectivity index (χ0v) is 25.6. The SMILES string of the molecule is COc1ccc(C)cc1N(CC(=O)N(Cc1cccc(C)c1)[C@@H](Cc1ccccc1)C(=O)NCC(C)C)S(C)(=O)=O. The molecule has 2 amide bonds. The van der Waals surface area contributed by atoms with Crippen LogP contribution in [0.5, 0.6) is 5.75 Å². The summed E-state index contributed by atoms with van der Waals surface area (Å²) in [6.07, 6.45) is 1.33. The normalized spacial score (nSPS) is 12.1. The molecule has 0 saturated carbocycles. The fourth-order valence-electron chi connectivity index (χ4n) is 4.57. The van der Waals surface area contributed by atoms with E-state index in [1.54, 1.807) is 12.1 Å². The average Bonchev–Trinajstić information content (AvgIpc) is 2.92. The number of carbonyl (C=O) groups is 2. The molecule has 0 heterocycles. The zero-order valence-electron chi connectivity index (χ0n) is 24.8. The quantitative estimate of drug-likeness (QED) is 0.322. The summed E-state index contributed by atoms with van der Waals surface area (Å²) in [7, 11) is -2.44. The molecule has 0 saturated heterocycles. The Morgan fingerprint density at radius 1 is 0.902 bits per heavy atom. The third-order valence-corrected chi connectivity index (χ3v) is 7.80. The molecule has 0 unspecified atom stereocenters. The number of amides is 2. The minimum Gasteiger partial charge on any atom is -0.495 e. The summed E-state index contributed by atoms with van der Waals surface area (Å²) in [6, 6.07) is 21.5. The van der Waals surface area contributed by atoms with Gasteiger partial charge in [-0.3, -0.25) is 13.9 Å². The van der Waals surface area contributed by atoms with Crippen LogP contribution >= 0.6 is 0 Å². The summed E-state index contributed by atoms with van der Waals surface area (Å²) >= 11 is 0. The van der Waals surface area contributed by atoms with Crippen molar-refractivity contribution in [3.05, 3.63) is 95.1 Å². The lowest BCUT2D eigenvalue weighted by Gasteiger charge is -2.34. The van der Waals surface area contributed by atoms with Crippen molar-refractivity contribution >= 4 is 27.5 Å². The van der Waals surface area contributed by atoms with Gasteiger partial charge in [-0.25, -0.2) is 8.42 Å². The van der Waals surface area contributed by atoms with Crippen molar-refractivity contribution in [2.45, 2.75) is 46.7 Å². The van der Waals surface area contributed by atoms with Crippen LogP contribution in [0.25, 0.3) is 0 Å². The molecule has 0 aromatic heterocycles. The van der Waals surface area contributed by atoms with E-state index in [9.17, 15) is 18.0 Å². The first-order valence-corrected chi connectivity index (χ1v) is 15.5. The largest absolute Gasteiger partial charge is 0.495 e. The van der Waals surface area contributed by atoms with Crippen LogP contribution in [0.2, 0.25) is 0 Å². The number of methoxy groups -OCH3 is 1. The van der Waals surface area contributed by atoms with Crippen molar-refractivity contribution in [1.82, 2.24) is 10.2 Å². The standard InChI is InChI=1S/C32H41N3O5S/c1-23(2)20-33-32(37)29(19-26-12-8-7-9-13-26)34(21-27-14-10-11-24(3)17-27)31(36)22-35(41(6,38)39)28-18-25(4)15-16-30(28)40-5/h7-18,23,29H,19-22H2,1-6H3,(H,33,37)/t29-/m0/s1. The summed E-state index contributed by atoms with van der Waals surface area (Å²) in [6.45, 7) is 7.89. The summed E-state index contributed by atoms with van der Waals surface area (Å²) in [5.41, 5.74) is 3.82. The molecule has 220 valence electrons. The molecule has 0 radical (unpaired) electrons. The highest BCUT2D eigenvalue weighted by molar-refractivity contribution is 7.92. The number of ether oxygens (including phenoxy) is 1. The molecular formula is C32H41N3O5S. The predicted octanol–water partition coefficient (Wildman–Crippen LogP) is 4.49. The number of rotatable bonds is 13. The van der Waals surface area contributed by atoms with Gasteiger partial charge in [0, 0.05) is 19.5 Å². The number of nitrogens with one attached hydrogen (secondary N) is 1. The predicted molar refractivity (Wildman–Crippen MR) is 163 cm³/mol. The van der Waals surface area contributed by atoms with Gasteiger partial charge in [0.1, 0.15) is 18.3 Å². The van der Waals surface area contributed by atoms with Crippen molar-refractivity contribution in [3.63, 3.8) is 0 Å². The maximum absolute atomic E-state index is 14.2. The fourth-order valence-corrected chi connectivity index (χ4v) is 5.42. The summed E-state index contributed by atoms with van der Waals surface area (Å²) in [5, 5.41) is 2.99. The number of sulfonamides is 1. The molecule has 1 N–H and O–H groups in total. The molecule has 0 bridgehead atoms. The molecule has 0 aliphatic rings. The molecule has 0 spiro atoms. The van der Waals surface area contributed by atoms with Gasteiger partial charge in [-0.15, -0.1) is 0 Å². The molecule has 8 nitrogen and oxygen atoms in total. The van der Waals surface area contributed by atoms with Crippen molar-refractivity contribution in [3.8, 4) is 5.75 Å². The molecule has 3 aromatic carbocycles. The van der Waals surface area contributed by atoms with E-state index in [2.05, 4.69) is 5.32 Å². The van der Waals surface area contributed by atoms with E-state index in [4.69, 9.17) is 4.74 Å². The maximum atomic E-state index is 14.2. The van der Waals surface area contributed by atoms with Gasteiger partial charge in [-0.1, -0.05) is 80.1 Å². The van der Waals surface area contributed by atoms with Gasteiger partial charge in [0.2, 0.25) is 21.8 Å². The van der Waals surface area contributed by atoms with Crippen LogP contribution in [-0.4, -0.2) is 57.6 Å². The number of benzene rings is 3. The summed E-state index contributed by atoms with van der Waals surface area (Å²) in [4.78, 5) is 29.4. The van der Waals surface area contributed by atoms with Crippen LogP contribution in [0.4, 0.5) is 5.69 Å². The number of anilines is 1. The molecule has 9 heteroatoms. The molecular weight excluding hydrogens is 538 g/mol. The van der Waals surface area contributed by atoms with Crippen molar-refractivity contribution in [2.24, 2.45) is 5.92 Å². The Kier molecular flexibility index (Phi) is 10.9. The molecule has 3 aromatic rings. The van der Waals surface area contributed by atoms with Crippen LogP contribution in [-0.2, 0) is 32.6 Å². The fraction of sp³-hybridized carbons (Fsp3) is 0.375. The van der Waals surface area contributed by atoms with Crippen molar-refractivity contribution < 1.29 is 22.7 Å². The van der Waals surface area contributed by atoms with Crippen molar-refractivity contribution in [2.75, 3.05) is 30.8 Å². The number of nitrogens with zero attached hydrogens (tertiary/aromatic N) is 2. The van der Waals surface area contributed by atoms with Crippen LogP contribution in [0, 0.1) is 19.8 Å². The van der Waals surface area contributed by atoms with E-state index in [1.807, 2.05) is 88.4 Å². The Labute approximate surface area is 244 Å². The lowest BCUT2D eigenvalue weighted by molar-refractivity contribution is -0.140. The number of aryl methyl sites for hydroxylation is 2. The van der Waals surface area contributed by atoms with Gasteiger partial charge in [-0.2, -0.15) is 0 Å². The topological polar surface area (TPSA) is 96.0 Å². The monoisotopic (exact) mass is 579 g/mol. The minimum atomic E-state index is -3.90. The van der Waals surface area contributed by atoms with Gasteiger partial charge in [0.15, 0.2) is 0 Å². The van der Waals surface area contributed by atoms with E-state index in [-0.39, 0.29) is 30.5 Å². The lowest BCUT2D eigenvalue weighted by atomic mass is 10.0. The minimum absolute atomic E-state index is 0.135. The van der Waals surface area contributed by atoms with E-state index < -0.39 is 28.5 Å². The highest BCUT2D eigenvalue weighted by Crippen LogP contribution is 2.31. The van der Waals surface area contributed by atoms with E-state index in [0.29, 0.717) is 12.3 Å². The maximum Gasteiger partial charge on any atom is 0.244 e. The van der Waals surface area contributed by atoms with Crippen LogP contribution in [0.1, 0.15) is 36.1 Å². The zero-order chi connectivity index (χ0) is 30.2. The first kappa shape index (κ1) is 31.7. The number of hydrogen-bond acceptors (Lipinski definition) is 5. The van der Waals surface area contributed by atoms with E-state index >= 15 is 0 Å². The molecule has 41 heavy (non-hydrogen) atoms. The van der Waals surface area contributed by atoms with Crippen LogP contribution in [0.3, 0.4) is 0 Å². The smallest absolute Gasteiger partial charge is 0.244 e. The second kappa shape index (κ2) is 14.2. The second-order valence-electron chi connectivity index (χ2n) is 10.8. The van der Waals surface area contributed by atoms with Gasteiger partial charge >= 0.3 is 0 Å². The lowest BCUT2D eigenvalue weighted by Crippen LogP contribution is -2.53.